The maximum Gasteiger partial charge on any atom is 0.271 e. The number of aryl methyl sites for hydroxylation is 2. The van der Waals surface area contributed by atoms with Gasteiger partial charge in [-0.25, -0.2) is 9.97 Å². The Morgan fingerprint density at radius 2 is 2.30 bits per heavy atom. The first kappa shape index (κ1) is 12.8. The average molecular weight is 286 g/mol. The number of nitrogens with one attached hydrogen (secondary N) is 1. The second-order valence-electron chi connectivity index (χ2n) is 4.57. The Kier molecular flexibility index (Phi) is 3.23. The van der Waals surface area contributed by atoms with E-state index < -0.39 is 0 Å². The van der Waals surface area contributed by atoms with Crippen LogP contribution >= 0.6 is 11.3 Å². The molecule has 1 N–H and O–H groups in total. The lowest BCUT2D eigenvalue weighted by molar-refractivity contribution is 0.0946. The lowest BCUT2D eigenvalue weighted by Crippen LogP contribution is -2.23. The van der Waals surface area contributed by atoms with E-state index in [2.05, 4.69) is 15.3 Å². The van der Waals surface area contributed by atoms with Gasteiger partial charge in [0.05, 0.1) is 23.4 Å². The quantitative estimate of drug-likeness (QED) is 0.804. The monoisotopic (exact) mass is 286 g/mol. The lowest BCUT2D eigenvalue weighted by Gasteiger charge is -2.04. The minimum Gasteiger partial charge on any atom is -0.345 e. The summed E-state index contributed by atoms with van der Waals surface area (Å²) in [4.78, 5) is 20.5. The van der Waals surface area contributed by atoms with Crippen LogP contribution in [0.3, 0.4) is 0 Å². The highest BCUT2D eigenvalue weighted by atomic mass is 32.1. The lowest BCUT2D eigenvalue weighted by atomic mass is 10.3. The first-order valence-electron chi connectivity index (χ1n) is 6.27. The predicted molar refractivity (Wildman–Crippen MR) is 78.0 cm³/mol. The molecule has 0 saturated carbocycles. The van der Waals surface area contributed by atoms with Crippen molar-refractivity contribution < 1.29 is 4.79 Å². The highest BCUT2D eigenvalue weighted by Gasteiger charge is 2.10. The molecule has 0 radical (unpaired) electrons. The molecule has 0 fully saturated rings. The van der Waals surface area contributed by atoms with Crippen LogP contribution < -0.4 is 5.32 Å². The summed E-state index contributed by atoms with van der Waals surface area (Å²) < 4.78 is 1.99. The molecule has 0 unspecified atom stereocenters. The number of hydrogen-bond acceptors (Lipinski definition) is 4. The maximum absolute atomic E-state index is 12.0. The predicted octanol–water partition coefficient (Wildman–Crippen LogP) is 2.34. The number of aromatic nitrogens is 3. The molecule has 0 aliphatic heterocycles. The zero-order chi connectivity index (χ0) is 14.1. The van der Waals surface area contributed by atoms with Crippen LogP contribution in [0.4, 0.5) is 0 Å². The SMILES string of the molecule is Cc1nc(C(=O)NCc2cnc3c(C)cccn23)cs1. The first-order valence-corrected chi connectivity index (χ1v) is 7.15. The van der Waals surface area contributed by atoms with Gasteiger partial charge in [0.2, 0.25) is 0 Å². The van der Waals surface area contributed by atoms with Crippen molar-refractivity contribution in [2.75, 3.05) is 0 Å². The number of thiazole rings is 1. The standard InChI is InChI=1S/C14H14N4OS/c1-9-4-3-5-18-11(6-15-13(9)18)7-16-14(19)12-8-20-10(2)17-12/h3-6,8H,7H2,1-2H3,(H,16,19). The Balaban J connectivity index is 1.77. The third-order valence-corrected chi connectivity index (χ3v) is 3.86. The number of fused-ring (bicyclic) bond motifs is 1. The zero-order valence-corrected chi connectivity index (χ0v) is 12.1. The van der Waals surface area contributed by atoms with Crippen LogP contribution in [0, 0.1) is 13.8 Å². The van der Waals surface area contributed by atoms with Gasteiger partial charge < -0.3 is 9.72 Å². The minimum atomic E-state index is -0.156. The van der Waals surface area contributed by atoms with Gasteiger partial charge >= 0.3 is 0 Å². The summed E-state index contributed by atoms with van der Waals surface area (Å²) >= 11 is 1.47. The van der Waals surface area contributed by atoms with E-state index in [9.17, 15) is 4.79 Å². The molecule has 0 aliphatic carbocycles. The van der Waals surface area contributed by atoms with Crippen LogP contribution in [0.1, 0.15) is 26.8 Å². The topological polar surface area (TPSA) is 59.3 Å². The second-order valence-corrected chi connectivity index (χ2v) is 5.63. The molecule has 0 aliphatic rings. The van der Waals surface area contributed by atoms with Gasteiger partial charge in [-0.15, -0.1) is 11.3 Å². The highest BCUT2D eigenvalue weighted by Crippen LogP contribution is 2.11. The largest absolute Gasteiger partial charge is 0.345 e. The fourth-order valence-corrected chi connectivity index (χ4v) is 2.66. The van der Waals surface area contributed by atoms with E-state index in [-0.39, 0.29) is 5.91 Å². The van der Waals surface area contributed by atoms with Crippen LogP contribution in [0.2, 0.25) is 0 Å². The van der Waals surface area contributed by atoms with E-state index >= 15 is 0 Å². The van der Waals surface area contributed by atoms with Crippen molar-refractivity contribution >= 4 is 22.9 Å². The van der Waals surface area contributed by atoms with E-state index in [0.29, 0.717) is 12.2 Å². The summed E-state index contributed by atoms with van der Waals surface area (Å²) in [6.07, 6.45) is 3.73. The van der Waals surface area contributed by atoms with Crippen molar-refractivity contribution in [3.63, 3.8) is 0 Å². The molecule has 3 heterocycles. The third kappa shape index (κ3) is 2.30. The van der Waals surface area contributed by atoms with Crippen LogP contribution in [0.25, 0.3) is 5.65 Å². The summed E-state index contributed by atoms with van der Waals surface area (Å²) in [5.74, 6) is -0.156. The van der Waals surface area contributed by atoms with Crippen molar-refractivity contribution in [2.24, 2.45) is 0 Å². The van der Waals surface area contributed by atoms with Crippen LogP contribution in [0.5, 0.6) is 0 Å². The second kappa shape index (κ2) is 5.05. The van der Waals surface area contributed by atoms with E-state index in [0.717, 1.165) is 21.9 Å². The van der Waals surface area contributed by atoms with Gasteiger partial charge in [-0.2, -0.15) is 0 Å². The summed E-state index contributed by atoms with van der Waals surface area (Å²) in [7, 11) is 0. The van der Waals surface area contributed by atoms with Crippen molar-refractivity contribution in [1.29, 1.82) is 0 Å². The third-order valence-electron chi connectivity index (χ3n) is 3.09. The number of carbonyl (C=O) groups is 1. The van der Waals surface area contributed by atoms with Gasteiger partial charge in [-0.3, -0.25) is 4.79 Å². The molecule has 20 heavy (non-hydrogen) atoms. The maximum atomic E-state index is 12.0. The Hall–Kier alpha value is -2.21. The van der Waals surface area contributed by atoms with E-state index in [4.69, 9.17) is 0 Å². The summed E-state index contributed by atoms with van der Waals surface area (Å²) in [6, 6.07) is 3.99. The Morgan fingerprint density at radius 3 is 3.05 bits per heavy atom. The molecule has 102 valence electrons. The van der Waals surface area contributed by atoms with Gasteiger partial charge in [-0.1, -0.05) is 6.07 Å². The van der Waals surface area contributed by atoms with Crippen LogP contribution in [0.15, 0.2) is 29.9 Å². The van der Waals surface area contributed by atoms with E-state index in [1.807, 2.05) is 36.6 Å². The molecule has 6 heteroatoms. The zero-order valence-electron chi connectivity index (χ0n) is 11.3. The van der Waals surface area contributed by atoms with Crippen molar-refractivity contribution in [2.45, 2.75) is 20.4 Å². The number of amides is 1. The van der Waals surface area contributed by atoms with Crippen molar-refractivity contribution in [3.8, 4) is 0 Å². The number of nitrogens with zero attached hydrogens (tertiary/aromatic N) is 3. The summed E-state index contributed by atoms with van der Waals surface area (Å²) in [5.41, 5.74) is 3.45. The fraction of sp³-hybridized carbons (Fsp3) is 0.214. The molecule has 5 nitrogen and oxygen atoms in total. The molecular formula is C14H14N4OS. The Bertz CT molecular complexity index is 774. The molecule has 0 atom stereocenters. The van der Waals surface area contributed by atoms with Gasteiger partial charge in [0.25, 0.3) is 5.91 Å². The summed E-state index contributed by atoms with van der Waals surface area (Å²) in [6.45, 7) is 4.33. The smallest absolute Gasteiger partial charge is 0.271 e. The van der Waals surface area contributed by atoms with Gasteiger partial charge in [0.1, 0.15) is 11.3 Å². The Morgan fingerprint density at radius 1 is 1.45 bits per heavy atom. The molecule has 1 amide bonds. The van der Waals surface area contributed by atoms with E-state index in [1.165, 1.54) is 11.3 Å². The molecule has 0 spiro atoms. The average Bonchev–Trinajstić information content (AvgIpc) is 3.03. The van der Waals surface area contributed by atoms with Crippen molar-refractivity contribution in [3.05, 3.63) is 51.9 Å². The van der Waals surface area contributed by atoms with Gasteiger partial charge in [-0.05, 0) is 25.5 Å². The molecule has 0 saturated heterocycles. The highest BCUT2D eigenvalue weighted by molar-refractivity contribution is 7.09. The number of imidazole rings is 1. The number of rotatable bonds is 3. The van der Waals surface area contributed by atoms with Crippen molar-refractivity contribution in [1.82, 2.24) is 19.7 Å². The van der Waals surface area contributed by atoms with Crippen LogP contribution in [-0.2, 0) is 6.54 Å². The molecule has 3 aromatic rings. The molecule has 0 bridgehead atoms. The number of pyridine rings is 1. The van der Waals surface area contributed by atoms with Crippen LogP contribution in [-0.4, -0.2) is 20.3 Å². The van der Waals surface area contributed by atoms with Gasteiger partial charge in [0, 0.05) is 11.6 Å². The summed E-state index contributed by atoms with van der Waals surface area (Å²) in [5, 5.41) is 5.53. The minimum absolute atomic E-state index is 0.156. The molecular weight excluding hydrogens is 272 g/mol. The molecule has 3 rings (SSSR count). The molecule has 3 aromatic heterocycles. The fourth-order valence-electron chi connectivity index (χ4n) is 2.06. The Labute approximate surface area is 120 Å². The first-order chi connectivity index (χ1) is 9.65. The number of hydrogen-bond donors (Lipinski definition) is 1. The van der Waals surface area contributed by atoms with Gasteiger partial charge in [0.15, 0.2) is 0 Å². The number of carbonyl (C=O) groups excluding carboxylic acids is 1. The normalized spacial score (nSPS) is 10.9. The van der Waals surface area contributed by atoms with E-state index in [1.54, 1.807) is 11.6 Å². The molecule has 0 aromatic carbocycles.